The average molecular weight is 502 g/mol. The number of benzene rings is 2. The Morgan fingerprint density at radius 3 is 2.38 bits per heavy atom. The lowest BCUT2D eigenvalue weighted by Gasteiger charge is -2.38. The molecule has 0 bridgehead atoms. The number of fused-ring (bicyclic) bond motifs is 1. The third kappa shape index (κ3) is 5.05. The van der Waals surface area contributed by atoms with Crippen molar-refractivity contribution in [2.45, 2.75) is 26.4 Å². The van der Waals surface area contributed by atoms with E-state index in [9.17, 15) is 9.18 Å². The number of halogens is 1. The second-order valence-corrected chi connectivity index (χ2v) is 9.70. The van der Waals surface area contributed by atoms with Gasteiger partial charge in [-0.3, -0.25) is 9.69 Å². The van der Waals surface area contributed by atoms with Gasteiger partial charge in [-0.2, -0.15) is 4.39 Å². The molecule has 0 amide bonds. The summed E-state index contributed by atoms with van der Waals surface area (Å²) in [4.78, 5) is 28.6. The Hall–Kier alpha value is -3.82. The SMILES string of the molecule is CNCc1nc2cc(-c3cc(-c4ccc(N5CCN(C(C)C)CC5)cc4)c(F)nc3N)ccc2c(=O)[nH]1. The van der Waals surface area contributed by atoms with Crippen LogP contribution in [0.1, 0.15) is 19.7 Å². The Balaban J connectivity index is 1.46. The van der Waals surface area contributed by atoms with Crippen molar-refractivity contribution in [2.75, 3.05) is 43.9 Å². The molecule has 1 saturated heterocycles. The number of nitrogens with zero attached hydrogens (tertiary/aromatic N) is 4. The summed E-state index contributed by atoms with van der Waals surface area (Å²) in [5.74, 6) is 0.000460. The summed E-state index contributed by atoms with van der Waals surface area (Å²) in [6.45, 7) is 8.88. The van der Waals surface area contributed by atoms with Gasteiger partial charge < -0.3 is 20.9 Å². The van der Waals surface area contributed by atoms with Crippen molar-refractivity contribution in [1.82, 2.24) is 25.2 Å². The lowest BCUT2D eigenvalue weighted by Crippen LogP contribution is -2.48. The molecule has 1 aliphatic heterocycles. The molecule has 0 atom stereocenters. The van der Waals surface area contributed by atoms with Gasteiger partial charge in [-0.15, -0.1) is 0 Å². The Kier molecular flexibility index (Phi) is 6.90. The minimum Gasteiger partial charge on any atom is -0.383 e. The second kappa shape index (κ2) is 10.3. The highest BCUT2D eigenvalue weighted by atomic mass is 19.1. The van der Waals surface area contributed by atoms with Crippen LogP contribution in [0.5, 0.6) is 0 Å². The molecule has 4 N–H and O–H groups in total. The first-order valence-corrected chi connectivity index (χ1v) is 12.6. The summed E-state index contributed by atoms with van der Waals surface area (Å²) in [5.41, 5.74) is 10.00. The number of aromatic nitrogens is 3. The molecule has 4 aromatic rings. The Labute approximate surface area is 215 Å². The first kappa shape index (κ1) is 24.9. The summed E-state index contributed by atoms with van der Waals surface area (Å²) in [5, 5.41) is 3.46. The van der Waals surface area contributed by atoms with Gasteiger partial charge in [-0.1, -0.05) is 18.2 Å². The third-order valence-corrected chi connectivity index (χ3v) is 7.00. The van der Waals surface area contributed by atoms with E-state index in [0.717, 1.165) is 37.4 Å². The van der Waals surface area contributed by atoms with E-state index in [2.05, 4.69) is 43.9 Å². The van der Waals surface area contributed by atoms with E-state index in [1.54, 1.807) is 31.3 Å². The van der Waals surface area contributed by atoms with Crippen LogP contribution in [0.4, 0.5) is 15.9 Å². The van der Waals surface area contributed by atoms with Crippen molar-refractivity contribution >= 4 is 22.4 Å². The summed E-state index contributed by atoms with van der Waals surface area (Å²) < 4.78 is 15.0. The number of nitrogens with one attached hydrogen (secondary N) is 2. The van der Waals surface area contributed by atoms with Crippen molar-refractivity contribution in [3.8, 4) is 22.3 Å². The number of anilines is 2. The van der Waals surface area contributed by atoms with Gasteiger partial charge in [0, 0.05) is 49.0 Å². The lowest BCUT2D eigenvalue weighted by molar-refractivity contribution is 0.209. The standard InChI is InChI=1S/C28H32FN7O/c1-17(2)35-10-12-36(13-11-35)20-7-4-18(5-8-20)22-15-23(27(30)34-26(22)29)19-6-9-21-24(14-19)32-25(16-31-3)33-28(21)37/h4-9,14-15,17,31H,10-13,16H2,1-3H3,(H2,30,34)(H,32,33,37). The van der Waals surface area contributed by atoms with Crippen molar-refractivity contribution in [2.24, 2.45) is 0 Å². The van der Waals surface area contributed by atoms with Crippen LogP contribution in [0.3, 0.4) is 0 Å². The zero-order valence-corrected chi connectivity index (χ0v) is 21.4. The van der Waals surface area contributed by atoms with Crippen molar-refractivity contribution in [3.63, 3.8) is 0 Å². The molecule has 5 rings (SSSR count). The maximum Gasteiger partial charge on any atom is 0.258 e. The lowest BCUT2D eigenvalue weighted by atomic mass is 9.99. The molecular formula is C28H32FN7O. The Bertz CT molecular complexity index is 1470. The highest BCUT2D eigenvalue weighted by molar-refractivity contribution is 5.87. The van der Waals surface area contributed by atoms with Gasteiger partial charge in [0.1, 0.15) is 11.6 Å². The highest BCUT2D eigenvalue weighted by Crippen LogP contribution is 2.33. The fourth-order valence-electron chi connectivity index (χ4n) is 4.89. The minimum absolute atomic E-state index is 0.0838. The van der Waals surface area contributed by atoms with Crippen LogP contribution < -0.4 is 21.5 Å². The summed E-state index contributed by atoms with van der Waals surface area (Å²) in [7, 11) is 1.78. The first-order valence-electron chi connectivity index (χ1n) is 12.6. The fourth-order valence-corrected chi connectivity index (χ4v) is 4.89. The van der Waals surface area contributed by atoms with E-state index in [0.29, 0.717) is 46.0 Å². The topological polar surface area (TPSA) is 103 Å². The number of piperazine rings is 1. The minimum atomic E-state index is -0.619. The van der Waals surface area contributed by atoms with Crippen LogP contribution in [0.2, 0.25) is 0 Å². The summed E-state index contributed by atoms with van der Waals surface area (Å²) >= 11 is 0. The van der Waals surface area contributed by atoms with Crippen molar-refractivity contribution in [3.05, 3.63) is 70.7 Å². The fraction of sp³-hybridized carbons (Fsp3) is 0.321. The molecular weight excluding hydrogens is 469 g/mol. The highest BCUT2D eigenvalue weighted by Gasteiger charge is 2.20. The molecule has 9 heteroatoms. The molecule has 0 saturated carbocycles. The number of hydrogen-bond acceptors (Lipinski definition) is 7. The molecule has 3 heterocycles. The van der Waals surface area contributed by atoms with Crippen LogP contribution in [0.25, 0.3) is 33.2 Å². The second-order valence-electron chi connectivity index (χ2n) is 9.70. The summed E-state index contributed by atoms with van der Waals surface area (Å²) in [6.07, 6.45) is 0. The smallest absolute Gasteiger partial charge is 0.258 e. The molecule has 2 aromatic carbocycles. The maximum absolute atomic E-state index is 15.0. The quantitative estimate of drug-likeness (QED) is 0.347. The predicted octanol–water partition coefficient (Wildman–Crippen LogP) is 3.62. The van der Waals surface area contributed by atoms with Crippen LogP contribution in [0, 0.1) is 5.95 Å². The number of rotatable bonds is 6. The molecule has 37 heavy (non-hydrogen) atoms. The molecule has 1 aliphatic rings. The molecule has 2 aromatic heterocycles. The first-order chi connectivity index (χ1) is 17.8. The van der Waals surface area contributed by atoms with E-state index in [1.165, 1.54) is 0 Å². The molecule has 0 unspecified atom stereocenters. The van der Waals surface area contributed by atoms with Crippen LogP contribution in [-0.2, 0) is 6.54 Å². The van der Waals surface area contributed by atoms with Gasteiger partial charge in [-0.25, -0.2) is 9.97 Å². The number of nitrogens with two attached hydrogens (primary N) is 1. The van der Waals surface area contributed by atoms with E-state index < -0.39 is 5.95 Å². The van der Waals surface area contributed by atoms with E-state index in [-0.39, 0.29) is 11.4 Å². The predicted molar refractivity (Wildman–Crippen MR) is 147 cm³/mol. The largest absolute Gasteiger partial charge is 0.383 e. The van der Waals surface area contributed by atoms with Gasteiger partial charge >= 0.3 is 0 Å². The third-order valence-electron chi connectivity index (χ3n) is 7.00. The zero-order chi connectivity index (χ0) is 26.1. The molecule has 0 spiro atoms. The van der Waals surface area contributed by atoms with Crippen molar-refractivity contribution < 1.29 is 4.39 Å². The molecule has 8 nitrogen and oxygen atoms in total. The number of aromatic amines is 1. The Morgan fingerprint density at radius 1 is 1.00 bits per heavy atom. The maximum atomic E-state index is 15.0. The monoisotopic (exact) mass is 501 g/mol. The van der Waals surface area contributed by atoms with Crippen LogP contribution >= 0.6 is 0 Å². The van der Waals surface area contributed by atoms with Gasteiger partial charge in [0.05, 0.1) is 17.4 Å². The van der Waals surface area contributed by atoms with E-state index >= 15 is 0 Å². The van der Waals surface area contributed by atoms with Gasteiger partial charge in [0.25, 0.3) is 5.56 Å². The number of nitrogen functional groups attached to an aromatic ring is 1. The molecule has 0 aliphatic carbocycles. The Morgan fingerprint density at radius 2 is 1.70 bits per heavy atom. The van der Waals surface area contributed by atoms with E-state index in [1.807, 2.05) is 24.3 Å². The van der Waals surface area contributed by atoms with Gasteiger partial charge in [-0.05, 0) is 62.4 Å². The van der Waals surface area contributed by atoms with Gasteiger partial charge in [0.2, 0.25) is 5.95 Å². The number of pyridine rings is 1. The zero-order valence-electron chi connectivity index (χ0n) is 21.4. The molecule has 0 radical (unpaired) electrons. The molecule has 1 fully saturated rings. The van der Waals surface area contributed by atoms with Crippen molar-refractivity contribution in [1.29, 1.82) is 0 Å². The summed E-state index contributed by atoms with van der Waals surface area (Å²) in [6, 6.07) is 15.5. The number of hydrogen-bond donors (Lipinski definition) is 3. The molecule has 192 valence electrons. The van der Waals surface area contributed by atoms with E-state index in [4.69, 9.17) is 5.73 Å². The number of H-pyrrole nitrogens is 1. The van der Waals surface area contributed by atoms with Crippen LogP contribution in [0.15, 0.2) is 53.3 Å². The normalized spacial score (nSPS) is 14.6. The average Bonchev–Trinajstić information content (AvgIpc) is 2.89. The van der Waals surface area contributed by atoms with Crippen LogP contribution in [-0.4, -0.2) is 59.1 Å². The van der Waals surface area contributed by atoms with Gasteiger partial charge in [0.15, 0.2) is 0 Å².